The number of nitrogens with one attached hydrogen (secondary N) is 2. The fourth-order valence-electron chi connectivity index (χ4n) is 1.43. The summed E-state index contributed by atoms with van der Waals surface area (Å²) in [5.74, 6) is -0.761. The molecule has 5 heteroatoms. The molecule has 0 atom stereocenters. The molecule has 1 fully saturated rings. The molecule has 0 bridgehead atoms. The van der Waals surface area contributed by atoms with E-state index in [0.717, 1.165) is 32.0 Å². The number of hydrogen-bond donors (Lipinski definition) is 2. The molecule has 1 rings (SSSR count). The van der Waals surface area contributed by atoms with Gasteiger partial charge in [0.2, 0.25) is 5.91 Å². The Morgan fingerprint density at radius 3 is 2.60 bits per heavy atom. The molecule has 1 aliphatic rings. The molecule has 0 aliphatic carbocycles. The predicted molar refractivity (Wildman–Crippen MR) is 55.2 cm³/mol. The highest BCUT2D eigenvalue weighted by molar-refractivity contribution is 5.94. The molecular weight excluding hydrogens is 196 g/mol. The topological polar surface area (TPSA) is 67.4 Å². The van der Waals surface area contributed by atoms with Crippen LogP contribution in [-0.2, 0) is 14.3 Å². The van der Waals surface area contributed by atoms with Crippen molar-refractivity contribution < 1.29 is 14.3 Å². The van der Waals surface area contributed by atoms with Crippen molar-refractivity contribution in [3.8, 4) is 0 Å². The number of ether oxygens (including phenoxy) is 1. The normalized spacial score (nSPS) is 17.7. The third-order valence-electron chi connectivity index (χ3n) is 2.26. The van der Waals surface area contributed by atoms with E-state index in [-0.39, 0.29) is 11.9 Å². The minimum atomic E-state index is -0.518. The van der Waals surface area contributed by atoms with E-state index in [9.17, 15) is 9.59 Å². The zero-order chi connectivity index (χ0) is 11.1. The molecule has 0 spiro atoms. The van der Waals surface area contributed by atoms with E-state index in [0.29, 0.717) is 0 Å². The van der Waals surface area contributed by atoms with E-state index in [1.165, 1.54) is 13.2 Å². The summed E-state index contributed by atoms with van der Waals surface area (Å²) < 4.78 is 4.37. The van der Waals surface area contributed by atoms with E-state index < -0.39 is 5.97 Å². The van der Waals surface area contributed by atoms with Crippen LogP contribution in [0.25, 0.3) is 0 Å². The molecule has 0 aromatic carbocycles. The third kappa shape index (κ3) is 4.60. The maximum Gasteiger partial charge on any atom is 0.330 e. The first kappa shape index (κ1) is 11.7. The molecule has 1 amide bonds. The molecule has 2 N–H and O–H groups in total. The lowest BCUT2D eigenvalue weighted by atomic mass is 10.1. The summed E-state index contributed by atoms with van der Waals surface area (Å²) in [6.07, 6.45) is 4.18. The molecule has 0 unspecified atom stereocenters. The molecule has 0 aromatic heterocycles. The van der Waals surface area contributed by atoms with Crippen molar-refractivity contribution in [2.24, 2.45) is 0 Å². The number of carbonyl (C=O) groups is 2. The number of amides is 1. The lowest BCUT2D eigenvalue weighted by Gasteiger charge is -2.22. The van der Waals surface area contributed by atoms with Gasteiger partial charge < -0.3 is 15.4 Å². The van der Waals surface area contributed by atoms with Crippen LogP contribution in [0.5, 0.6) is 0 Å². The Labute approximate surface area is 88.9 Å². The van der Waals surface area contributed by atoms with Gasteiger partial charge in [0, 0.05) is 18.2 Å². The van der Waals surface area contributed by atoms with Crippen molar-refractivity contribution >= 4 is 11.9 Å². The lowest BCUT2D eigenvalue weighted by Crippen LogP contribution is -2.42. The van der Waals surface area contributed by atoms with Crippen LogP contribution in [-0.4, -0.2) is 38.1 Å². The molecule has 0 aromatic rings. The molecule has 1 aliphatic heterocycles. The first-order chi connectivity index (χ1) is 7.22. The Hall–Kier alpha value is -1.36. The second-order valence-corrected chi connectivity index (χ2v) is 3.39. The Balaban J connectivity index is 2.28. The standard InChI is InChI=1S/C10H16N2O3/c1-15-10(14)3-2-9(13)12-8-4-6-11-7-5-8/h2-3,8,11H,4-7H2,1H3,(H,12,13)/b3-2+. The summed E-state index contributed by atoms with van der Waals surface area (Å²) in [4.78, 5) is 22.0. The molecule has 1 saturated heterocycles. The minimum Gasteiger partial charge on any atom is -0.466 e. The van der Waals surface area contributed by atoms with Gasteiger partial charge in [-0.25, -0.2) is 4.79 Å². The highest BCUT2D eigenvalue weighted by Gasteiger charge is 2.13. The van der Waals surface area contributed by atoms with Gasteiger partial charge >= 0.3 is 5.97 Å². The summed E-state index contributed by atoms with van der Waals surface area (Å²) in [5, 5.41) is 6.03. The molecule has 0 radical (unpaired) electrons. The van der Waals surface area contributed by atoms with Gasteiger partial charge in [0.25, 0.3) is 0 Å². The van der Waals surface area contributed by atoms with Crippen molar-refractivity contribution in [2.45, 2.75) is 18.9 Å². The van der Waals surface area contributed by atoms with Crippen LogP contribution in [0.3, 0.4) is 0 Å². The van der Waals surface area contributed by atoms with Crippen molar-refractivity contribution in [3.05, 3.63) is 12.2 Å². The van der Waals surface area contributed by atoms with Gasteiger partial charge in [-0.05, 0) is 25.9 Å². The Bertz CT molecular complexity index is 257. The van der Waals surface area contributed by atoms with Crippen LogP contribution in [0.2, 0.25) is 0 Å². The van der Waals surface area contributed by atoms with Crippen molar-refractivity contribution in [2.75, 3.05) is 20.2 Å². The van der Waals surface area contributed by atoms with E-state index in [1.807, 2.05) is 0 Å². The van der Waals surface area contributed by atoms with E-state index >= 15 is 0 Å². The zero-order valence-corrected chi connectivity index (χ0v) is 8.79. The fraction of sp³-hybridized carbons (Fsp3) is 0.600. The average molecular weight is 212 g/mol. The molecule has 0 saturated carbocycles. The Morgan fingerprint density at radius 1 is 1.33 bits per heavy atom. The lowest BCUT2D eigenvalue weighted by molar-refractivity contribution is -0.135. The average Bonchev–Trinajstić information content (AvgIpc) is 2.27. The first-order valence-corrected chi connectivity index (χ1v) is 4.99. The number of methoxy groups -OCH3 is 1. The van der Waals surface area contributed by atoms with Crippen LogP contribution in [0, 0.1) is 0 Å². The third-order valence-corrected chi connectivity index (χ3v) is 2.26. The molecule has 15 heavy (non-hydrogen) atoms. The van der Waals surface area contributed by atoms with Gasteiger partial charge in [0.15, 0.2) is 0 Å². The summed E-state index contributed by atoms with van der Waals surface area (Å²) in [6.45, 7) is 1.84. The second-order valence-electron chi connectivity index (χ2n) is 3.39. The van der Waals surface area contributed by atoms with E-state index in [2.05, 4.69) is 15.4 Å². The summed E-state index contributed by atoms with van der Waals surface area (Å²) in [7, 11) is 1.28. The van der Waals surface area contributed by atoms with Crippen molar-refractivity contribution in [3.63, 3.8) is 0 Å². The monoisotopic (exact) mass is 212 g/mol. The highest BCUT2D eigenvalue weighted by Crippen LogP contribution is 2.01. The van der Waals surface area contributed by atoms with Crippen LogP contribution in [0.4, 0.5) is 0 Å². The number of piperidine rings is 1. The zero-order valence-electron chi connectivity index (χ0n) is 8.79. The SMILES string of the molecule is COC(=O)/C=C/C(=O)NC1CCNCC1. The number of carbonyl (C=O) groups excluding carboxylic acids is 2. The maximum atomic E-state index is 11.3. The van der Waals surface area contributed by atoms with Crippen LogP contribution in [0.15, 0.2) is 12.2 Å². The van der Waals surface area contributed by atoms with Gasteiger partial charge in [0.05, 0.1) is 7.11 Å². The smallest absolute Gasteiger partial charge is 0.330 e. The Morgan fingerprint density at radius 2 is 2.00 bits per heavy atom. The van der Waals surface area contributed by atoms with Gasteiger partial charge in [-0.2, -0.15) is 0 Å². The number of hydrogen-bond acceptors (Lipinski definition) is 4. The molecule has 5 nitrogen and oxygen atoms in total. The van der Waals surface area contributed by atoms with Gasteiger partial charge in [-0.15, -0.1) is 0 Å². The van der Waals surface area contributed by atoms with E-state index in [4.69, 9.17) is 0 Å². The summed E-state index contributed by atoms with van der Waals surface area (Å²) >= 11 is 0. The summed E-state index contributed by atoms with van der Waals surface area (Å²) in [6, 6.07) is 0.209. The molecule has 84 valence electrons. The van der Waals surface area contributed by atoms with Crippen LogP contribution >= 0.6 is 0 Å². The van der Waals surface area contributed by atoms with Crippen LogP contribution < -0.4 is 10.6 Å². The van der Waals surface area contributed by atoms with Crippen molar-refractivity contribution in [1.82, 2.24) is 10.6 Å². The fourth-order valence-corrected chi connectivity index (χ4v) is 1.43. The van der Waals surface area contributed by atoms with Gasteiger partial charge in [0.1, 0.15) is 0 Å². The minimum absolute atomic E-state index is 0.209. The Kier molecular flexibility index (Phi) is 4.83. The van der Waals surface area contributed by atoms with Gasteiger partial charge in [-0.3, -0.25) is 4.79 Å². The first-order valence-electron chi connectivity index (χ1n) is 4.99. The number of esters is 1. The molecular formula is C10H16N2O3. The second kappa shape index (κ2) is 6.19. The predicted octanol–water partition coefficient (Wildman–Crippen LogP) is -0.416. The molecule has 1 heterocycles. The number of rotatable bonds is 3. The maximum absolute atomic E-state index is 11.3. The largest absolute Gasteiger partial charge is 0.466 e. The summed E-state index contributed by atoms with van der Waals surface area (Å²) in [5.41, 5.74) is 0. The van der Waals surface area contributed by atoms with E-state index in [1.54, 1.807) is 0 Å². The van der Waals surface area contributed by atoms with Crippen LogP contribution in [0.1, 0.15) is 12.8 Å². The van der Waals surface area contributed by atoms with Gasteiger partial charge in [-0.1, -0.05) is 0 Å². The quantitative estimate of drug-likeness (QED) is 0.492. The van der Waals surface area contributed by atoms with Crippen molar-refractivity contribution in [1.29, 1.82) is 0 Å². The highest BCUT2D eigenvalue weighted by atomic mass is 16.5.